The minimum atomic E-state index is -1.88. The van der Waals surface area contributed by atoms with Gasteiger partial charge in [-0.3, -0.25) is 4.98 Å². The molecule has 0 unspecified atom stereocenters. The third-order valence-corrected chi connectivity index (χ3v) is 10.1. The van der Waals surface area contributed by atoms with Gasteiger partial charge in [0.15, 0.2) is 8.32 Å². The Balaban J connectivity index is 2.27. The Kier molecular flexibility index (Phi) is 5.71. The Bertz CT molecular complexity index is 620. The minimum absolute atomic E-state index is 0.0696. The van der Waals surface area contributed by atoms with E-state index in [1.165, 1.54) is 10.5 Å². The van der Waals surface area contributed by atoms with E-state index in [2.05, 4.69) is 76.1 Å². The van der Waals surface area contributed by atoms with Crippen LogP contribution < -0.4 is 0 Å². The average molecular weight is 346 g/mol. The molecule has 0 spiro atoms. The number of nitrogens with zero attached hydrogens (tertiary/aromatic N) is 1. The molecule has 124 valence electrons. The molecule has 1 atom stereocenters. The van der Waals surface area contributed by atoms with Crippen LogP contribution in [0.2, 0.25) is 18.1 Å². The highest BCUT2D eigenvalue weighted by Crippen LogP contribution is 2.44. The highest BCUT2D eigenvalue weighted by atomic mass is 32.2. The highest BCUT2D eigenvalue weighted by molar-refractivity contribution is 7.99. The zero-order valence-electron chi connectivity index (χ0n) is 15.0. The molecule has 1 aromatic heterocycles. The standard InChI is InChI=1S/C19H27NOSSi/c1-15-10-12-16(13-11-15)22-18(17-9-7-8-14-20-17)21-23(5,6)19(2,3)4/h7-14,18H,1-6H3/t18-/m0/s1. The van der Waals surface area contributed by atoms with Crippen molar-refractivity contribution in [3.8, 4) is 0 Å². The lowest BCUT2D eigenvalue weighted by molar-refractivity contribution is 0.262. The maximum atomic E-state index is 6.66. The van der Waals surface area contributed by atoms with E-state index in [0.717, 1.165) is 5.69 Å². The lowest BCUT2D eigenvalue weighted by Crippen LogP contribution is -2.41. The van der Waals surface area contributed by atoms with Gasteiger partial charge in [0.1, 0.15) is 5.44 Å². The summed E-state index contributed by atoms with van der Waals surface area (Å²) in [4.78, 5) is 5.75. The van der Waals surface area contributed by atoms with E-state index >= 15 is 0 Å². The lowest BCUT2D eigenvalue weighted by atomic mass is 10.2. The molecule has 0 bridgehead atoms. The normalized spacial score (nSPS) is 13.8. The van der Waals surface area contributed by atoms with Crippen LogP contribution in [0.3, 0.4) is 0 Å². The molecule has 23 heavy (non-hydrogen) atoms. The molecule has 0 saturated carbocycles. The van der Waals surface area contributed by atoms with E-state index in [4.69, 9.17) is 4.43 Å². The first-order valence-corrected chi connectivity index (χ1v) is 11.8. The van der Waals surface area contributed by atoms with E-state index in [9.17, 15) is 0 Å². The van der Waals surface area contributed by atoms with E-state index < -0.39 is 8.32 Å². The van der Waals surface area contributed by atoms with Crippen molar-refractivity contribution in [3.63, 3.8) is 0 Å². The molecule has 0 aliphatic carbocycles. The second-order valence-corrected chi connectivity index (χ2v) is 13.3. The van der Waals surface area contributed by atoms with Gasteiger partial charge in [0.2, 0.25) is 0 Å². The number of thioether (sulfide) groups is 1. The largest absolute Gasteiger partial charge is 0.400 e. The van der Waals surface area contributed by atoms with Gasteiger partial charge in [-0.1, -0.05) is 56.3 Å². The van der Waals surface area contributed by atoms with Crippen molar-refractivity contribution in [3.05, 3.63) is 59.9 Å². The average Bonchev–Trinajstić information content (AvgIpc) is 2.48. The fourth-order valence-electron chi connectivity index (χ4n) is 1.85. The Morgan fingerprint density at radius 2 is 1.70 bits per heavy atom. The molecule has 0 aliphatic heterocycles. The SMILES string of the molecule is Cc1ccc(S[C@H](O[Si](C)(C)C(C)(C)C)c2ccccn2)cc1. The van der Waals surface area contributed by atoms with Gasteiger partial charge in [-0.05, 0) is 49.3 Å². The van der Waals surface area contributed by atoms with Crippen molar-refractivity contribution in [2.75, 3.05) is 0 Å². The predicted molar refractivity (Wildman–Crippen MR) is 102 cm³/mol. The van der Waals surface area contributed by atoms with Crippen molar-refractivity contribution in [1.82, 2.24) is 4.98 Å². The monoisotopic (exact) mass is 345 g/mol. The van der Waals surface area contributed by atoms with Crippen LogP contribution >= 0.6 is 11.8 Å². The fraction of sp³-hybridized carbons (Fsp3) is 0.421. The Labute approximate surface area is 145 Å². The first kappa shape index (κ1) is 18.2. The summed E-state index contributed by atoms with van der Waals surface area (Å²) in [5, 5.41) is 0.174. The Morgan fingerprint density at radius 1 is 1.04 bits per heavy atom. The topological polar surface area (TPSA) is 22.1 Å². The number of hydrogen-bond acceptors (Lipinski definition) is 3. The molecular formula is C19H27NOSSi. The number of hydrogen-bond donors (Lipinski definition) is 0. The smallest absolute Gasteiger partial charge is 0.194 e. The van der Waals surface area contributed by atoms with Gasteiger partial charge in [-0.2, -0.15) is 0 Å². The first-order chi connectivity index (χ1) is 10.7. The predicted octanol–water partition coefficient (Wildman–Crippen LogP) is 6.20. The van der Waals surface area contributed by atoms with E-state index in [1.807, 2.05) is 18.3 Å². The van der Waals surface area contributed by atoms with Crippen molar-refractivity contribution < 1.29 is 4.43 Å². The van der Waals surface area contributed by atoms with Gasteiger partial charge < -0.3 is 4.43 Å². The molecule has 2 aromatic rings. The van der Waals surface area contributed by atoms with E-state index in [1.54, 1.807) is 11.8 Å². The zero-order chi connectivity index (χ0) is 17.1. The van der Waals surface area contributed by atoms with E-state index in [0.29, 0.717) is 0 Å². The van der Waals surface area contributed by atoms with Crippen LogP contribution in [0.4, 0.5) is 0 Å². The minimum Gasteiger partial charge on any atom is -0.400 e. The van der Waals surface area contributed by atoms with Crippen molar-refractivity contribution in [1.29, 1.82) is 0 Å². The fourth-order valence-corrected chi connectivity index (χ4v) is 4.57. The van der Waals surface area contributed by atoms with Crippen LogP contribution in [0.15, 0.2) is 53.6 Å². The van der Waals surface area contributed by atoms with Crippen molar-refractivity contribution >= 4 is 20.1 Å². The Hall–Kier alpha value is -1.10. The zero-order valence-corrected chi connectivity index (χ0v) is 16.8. The molecule has 0 saturated heterocycles. The number of pyridine rings is 1. The second-order valence-electron chi connectivity index (χ2n) is 7.40. The summed E-state index contributed by atoms with van der Waals surface area (Å²) in [5.41, 5.74) is 2.19. The third kappa shape index (κ3) is 4.93. The van der Waals surface area contributed by atoms with Crippen LogP contribution in [0, 0.1) is 6.92 Å². The lowest BCUT2D eigenvalue weighted by Gasteiger charge is -2.38. The number of aryl methyl sites for hydroxylation is 1. The molecule has 4 heteroatoms. The second kappa shape index (κ2) is 7.20. The van der Waals surface area contributed by atoms with Gasteiger partial charge in [0.25, 0.3) is 0 Å². The van der Waals surface area contributed by atoms with Gasteiger partial charge in [0.05, 0.1) is 5.69 Å². The maximum absolute atomic E-state index is 6.66. The molecule has 2 nitrogen and oxygen atoms in total. The molecule has 0 fully saturated rings. The Morgan fingerprint density at radius 3 is 2.22 bits per heavy atom. The molecule has 0 radical (unpaired) electrons. The van der Waals surface area contributed by atoms with Crippen molar-refractivity contribution in [2.45, 2.75) is 56.2 Å². The van der Waals surface area contributed by atoms with Gasteiger partial charge in [-0.15, -0.1) is 0 Å². The number of benzene rings is 1. The van der Waals surface area contributed by atoms with E-state index in [-0.39, 0.29) is 10.5 Å². The summed E-state index contributed by atoms with van der Waals surface area (Å²) in [6.45, 7) is 13.5. The van der Waals surface area contributed by atoms with Crippen LogP contribution in [-0.4, -0.2) is 13.3 Å². The van der Waals surface area contributed by atoms with Crippen LogP contribution in [-0.2, 0) is 4.43 Å². The maximum Gasteiger partial charge on any atom is 0.194 e. The highest BCUT2D eigenvalue weighted by Gasteiger charge is 2.40. The summed E-state index contributed by atoms with van der Waals surface area (Å²) < 4.78 is 6.66. The molecule has 1 aromatic carbocycles. The molecule has 2 rings (SSSR count). The summed E-state index contributed by atoms with van der Waals surface area (Å²) in [5.74, 6) is 0. The molecule has 0 aliphatic rings. The van der Waals surface area contributed by atoms with Gasteiger partial charge in [0, 0.05) is 11.1 Å². The first-order valence-electron chi connectivity index (χ1n) is 8.01. The molecule has 0 amide bonds. The summed E-state index contributed by atoms with van der Waals surface area (Å²) in [7, 11) is -1.88. The quantitative estimate of drug-likeness (QED) is 0.366. The van der Waals surface area contributed by atoms with Crippen molar-refractivity contribution in [2.24, 2.45) is 0 Å². The van der Waals surface area contributed by atoms with Crippen LogP contribution in [0.1, 0.15) is 37.5 Å². The number of rotatable bonds is 5. The van der Waals surface area contributed by atoms with Gasteiger partial charge >= 0.3 is 0 Å². The molecular weight excluding hydrogens is 318 g/mol. The van der Waals surface area contributed by atoms with Gasteiger partial charge in [-0.25, -0.2) is 0 Å². The van der Waals surface area contributed by atoms with Crippen LogP contribution in [0.5, 0.6) is 0 Å². The molecule has 0 N–H and O–H groups in total. The summed E-state index contributed by atoms with van der Waals surface area (Å²) >= 11 is 1.74. The van der Waals surface area contributed by atoms with Crippen LogP contribution in [0.25, 0.3) is 0 Å². The number of aromatic nitrogens is 1. The summed E-state index contributed by atoms with van der Waals surface area (Å²) in [6.07, 6.45) is 1.84. The molecule has 1 heterocycles. The summed E-state index contributed by atoms with van der Waals surface area (Å²) in [6, 6.07) is 14.6. The third-order valence-electron chi connectivity index (χ3n) is 4.40.